The van der Waals surface area contributed by atoms with Crippen molar-refractivity contribution in [2.24, 2.45) is 0 Å². The van der Waals surface area contributed by atoms with Crippen LogP contribution in [0, 0.1) is 0 Å². The van der Waals surface area contributed by atoms with Crippen molar-refractivity contribution in [1.29, 1.82) is 0 Å². The highest BCUT2D eigenvalue weighted by Gasteiger charge is 2.24. The number of carbonyl (C=O) groups is 2. The monoisotopic (exact) mass is 360 g/mol. The highest BCUT2D eigenvalue weighted by molar-refractivity contribution is 6.30. The lowest BCUT2D eigenvalue weighted by Crippen LogP contribution is -2.46. The Kier molecular flexibility index (Phi) is 5.76. The maximum absolute atomic E-state index is 12.2. The molecule has 2 aromatic rings. The number of furan rings is 1. The number of aryl methyl sites for hydroxylation is 1. The summed E-state index contributed by atoms with van der Waals surface area (Å²) >= 11 is 5.86. The number of rotatable bonds is 5. The van der Waals surface area contributed by atoms with Gasteiger partial charge in [-0.05, 0) is 43.0 Å². The van der Waals surface area contributed by atoms with Crippen LogP contribution in [-0.2, 0) is 11.2 Å². The molecular weight excluding hydrogens is 340 g/mol. The summed E-state index contributed by atoms with van der Waals surface area (Å²) in [5.74, 6) is 0.0378. The van der Waals surface area contributed by atoms with E-state index in [1.807, 2.05) is 24.3 Å². The van der Waals surface area contributed by atoms with Crippen LogP contribution in [0.15, 0.2) is 47.3 Å². The zero-order valence-electron chi connectivity index (χ0n) is 13.9. The number of amides is 2. The molecule has 0 unspecified atom stereocenters. The molecule has 0 spiro atoms. The van der Waals surface area contributed by atoms with Crippen molar-refractivity contribution in [1.82, 2.24) is 10.2 Å². The molecular formula is C19H21ClN2O3. The lowest BCUT2D eigenvalue weighted by Gasteiger charge is -2.32. The second-order valence-corrected chi connectivity index (χ2v) is 6.71. The van der Waals surface area contributed by atoms with Crippen LogP contribution in [0.4, 0.5) is 0 Å². The minimum Gasteiger partial charge on any atom is -0.472 e. The molecule has 1 aliphatic rings. The number of benzene rings is 1. The van der Waals surface area contributed by atoms with E-state index in [9.17, 15) is 9.59 Å². The fourth-order valence-electron chi connectivity index (χ4n) is 3.00. The maximum Gasteiger partial charge on any atom is 0.257 e. The molecule has 3 rings (SSSR count). The van der Waals surface area contributed by atoms with Gasteiger partial charge in [0.05, 0.1) is 11.8 Å². The third-order valence-electron chi connectivity index (χ3n) is 4.47. The Morgan fingerprint density at radius 1 is 1.16 bits per heavy atom. The van der Waals surface area contributed by atoms with Crippen LogP contribution < -0.4 is 5.32 Å². The first-order valence-electron chi connectivity index (χ1n) is 8.47. The third kappa shape index (κ3) is 4.86. The Hall–Kier alpha value is -2.27. The summed E-state index contributed by atoms with van der Waals surface area (Å²) in [5, 5.41) is 3.77. The van der Waals surface area contributed by atoms with Gasteiger partial charge in [0.25, 0.3) is 5.91 Å². The molecule has 2 heterocycles. The molecule has 1 aromatic heterocycles. The van der Waals surface area contributed by atoms with E-state index >= 15 is 0 Å². The first-order valence-corrected chi connectivity index (χ1v) is 8.85. The fraction of sp³-hybridized carbons (Fsp3) is 0.368. The molecule has 25 heavy (non-hydrogen) atoms. The summed E-state index contributed by atoms with van der Waals surface area (Å²) in [6.07, 6.45) is 5.66. The van der Waals surface area contributed by atoms with Crippen molar-refractivity contribution in [2.45, 2.75) is 31.7 Å². The highest BCUT2D eigenvalue weighted by Crippen LogP contribution is 2.15. The molecule has 1 saturated heterocycles. The maximum atomic E-state index is 12.2. The zero-order valence-corrected chi connectivity index (χ0v) is 14.7. The first kappa shape index (κ1) is 17.5. The van der Waals surface area contributed by atoms with E-state index in [-0.39, 0.29) is 17.9 Å². The summed E-state index contributed by atoms with van der Waals surface area (Å²) in [7, 11) is 0. The molecule has 1 aliphatic heterocycles. The van der Waals surface area contributed by atoms with Gasteiger partial charge in [-0.3, -0.25) is 9.59 Å². The summed E-state index contributed by atoms with van der Waals surface area (Å²) in [6, 6.07) is 9.35. The van der Waals surface area contributed by atoms with E-state index in [2.05, 4.69) is 5.32 Å². The van der Waals surface area contributed by atoms with Crippen molar-refractivity contribution in [3.63, 3.8) is 0 Å². The van der Waals surface area contributed by atoms with Gasteiger partial charge in [-0.1, -0.05) is 23.7 Å². The molecule has 132 valence electrons. The van der Waals surface area contributed by atoms with Gasteiger partial charge >= 0.3 is 0 Å². The number of halogens is 1. The van der Waals surface area contributed by atoms with Crippen LogP contribution in [0.3, 0.4) is 0 Å². The average molecular weight is 361 g/mol. The van der Waals surface area contributed by atoms with E-state index in [0.717, 1.165) is 18.4 Å². The van der Waals surface area contributed by atoms with Crippen molar-refractivity contribution in [3.05, 3.63) is 59.0 Å². The summed E-state index contributed by atoms with van der Waals surface area (Å²) < 4.78 is 4.96. The molecule has 0 atom stereocenters. The van der Waals surface area contributed by atoms with E-state index in [1.165, 1.54) is 12.5 Å². The molecule has 2 amide bonds. The summed E-state index contributed by atoms with van der Waals surface area (Å²) in [6.45, 7) is 1.29. The van der Waals surface area contributed by atoms with Crippen LogP contribution in [0.5, 0.6) is 0 Å². The quantitative estimate of drug-likeness (QED) is 0.890. The van der Waals surface area contributed by atoms with Gasteiger partial charge in [-0.15, -0.1) is 0 Å². The van der Waals surface area contributed by atoms with Gasteiger partial charge in [-0.25, -0.2) is 0 Å². The third-order valence-corrected chi connectivity index (χ3v) is 4.72. The number of piperidine rings is 1. The van der Waals surface area contributed by atoms with Crippen LogP contribution >= 0.6 is 11.6 Å². The Balaban J connectivity index is 1.40. The number of nitrogens with zero attached hydrogens (tertiary/aromatic N) is 1. The fourth-order valence-corrected chi connectivity index (χ4v) is 3.13. The van der Waals surface area contributed by atoms with Crippen molar-refractivity contribution < 1.29 is 14.0 Å². The number of nitrogens with one attached hydrogen (secondary N) is 1. The van der Waals surface area contributed by atoms with Gasteiger partial charge in [0.1, 0.15) is 6.26 Å². The van der Waals surface area contributed by atoms with Gasteiger partial charge in [-0.2, -0.15) is 0 Å². The van der Waals surface area contributed by atoms with Gasteiger partial charge < -0.3 is 14.6 Å². The summed E-state index contributed by atoms with van der Waals surface area (Å²) in [5.41, 5.74) is 1.67. The molecule has 1 fully saturated rings. The first-order chi connectivity index (χ1) is 12.1. The van der Waals surface area contributed by atoms with Gasteiger partial charge in [0, 0.05) is 30.6 Å². The minimum atomic E-state index is -0.0127. The van der Waals surface area contributed by atoms with Crippen molar-refractivity contribution in [2.75, 3.05) is 13.1 Å². The smallest absolute Gasteiger partial charge is 0.257 e. The van der Waals surface area contributed by atoms with Gasteiger partial charge in [0.2, 0.25) is 5.91 Å². The molecule has 0 aliphatic carbocycles. The van der Waals surface area contributed by atoms with Crippen molar-refractivity contribution >= 4 is 23.4 Å². The van der Waals surface area contributed by atoms with Gasteiger partial charge in [0.15, 0.2) is 0 Å². The Morgan fingerprint density at radius 3 is 2.52 bits per heavy atom. The van der Waals surface area contributed by atoms with E-state index in [0.29, 0.717) is 36.5 Å². The molecule has 1 aromatic carbocycles. The Morgan fingerprint density at radius 2 is 1.88 bits per heavy atom. The number of carbonyl (C=O) groups excluding carboxylic acids is 2. The van der Waals surface area contributed by atoms with Crippen LogP contribution in [0.2, 0.25) is 5.02 Å². The Labute approximate surface area is 151 Å². The van der Waals surface area contributed by atoms with E-state index in [1.54, 1.807) is 11.0 Å². The van der Waals surface area contributed by atoms with E-state index < -0.39 is 0 Å². The lowest BCUT2D eigenvalue weighted by atomic mass is 10.0. The van der Waals surface area contributed by atoms with E-state index in [4.69, 9.17) is 16.0 Å². The number of likely N-dealkylation sites (tertiary alicyclic amines) is 1. The summed E-state index contributed by atoms with van der Waals surface area (Å²) in [4.78, 5) is 26.2. The minimum absolute atomic E-state index is 0.0127. The second kappa shape index (κ2) is 8.21. The Bertz CT molecular complexity index is 705. The molecule has 1 N–H and O–H groups in total. The second-order valence-electron chi connectivity index (χ2n) is 6.27. The number of hydrogen-bond acceptors (Lipinski definition) is 3. The number of hydrogen-bond donors (Lipinski definition) is 1. The average Bonchev–Trinajstić information content (AvgIpc) is 3.16. The zero-order chi connectivity index (χ0) is 17.6. The standard InChI is InChI=1S/C19H21ClN2O3/c20-16-4-1-14(2-5-16)3-6-18(23)21-17-7-10-22(11-8-17)19(24)15-9-12-25-13-15/h1-2,4-5,9,12-13,17H,3,6-8,10-11H2,(H,21,23). The molecule has 0 saturated carbocycles. The largest absolute Gasteiger partial charge is 0.472 e. The van der Waals surface area contributed by atoms with Crippen LogP contribution in [0.25, 0.3) is 0 Å². The molecule has 0 bridgehead atoms. The predicted octanol–water partition coefficient (Wildman–Crippen LogP) is 3.29. The lowest BCUT2D eigenvalue weighted by molar-refractivity contribution is -0.122. The van der Waals surface area contributed by atoms with Crippen LogP contribution in [0.1, 0.15) is 35.2 Å². The normalized spacial score (nSPS) is 15.2. The van der Waals surface area contributed by atoms with Crippen LogP contribution in [-0.4, -0.2) is 35.8 Å². The molecule has 0 radical (unpaired) electrons. The molecule has 5 nitrogen and oxygen atoms in total. The SMILES string of the molecule is O=C(CCc1ccc(Cl)cc1)NC1CCN(C(=O)c2ccoc2)CC1. The predicted molar refractivity (Wildman–Crippen MR) is 95.5 cm³/mol. The topological polar surface area (TPSA) is 62.6 Å². The molecule has 6 heteroatoms. The van der Waals surface area contributed by atoms with Crippen molar-refractivity contribution in [3.8, 4) is 0 Å². The highest BCUT2D eigenvalue weighted by atomic mass is 35.5.